The molecule has 7 nitrogen and oxygen atoms in total. The number of amides is 2. The summed E-state index contributed by atoms with van der Waals surface area (Å²) in [6.45, 7) is 1.85. The molecule has 0 bridgehead atoms. The number of ether oxygens (including phenoxy) is 2. The maximum Gasteiger partial charge on any atom is 0.258 e. The van der Waals surface area contributed by atoms with Gasteiger partial charge in [0.2, 0.25) is 5.91 Å². The van der Waals surface area contributed by atoms with Gasteiger partial charge >= 0.3 is 0 Å². The zero-order valence-electron chi connectivity index (χ0n) is 16.0. The second kappa shape index (κ2) is 8.75. The summed E-state index contributed by atoms with van der Waals surface area (Å²) in [5.74, 6) is 0.321. The molecule has 0 saturated heterocycles. The molecule has 2 aromatic rings. The summed E-state index contributed by atoms with van der Waals surface area (Å²) in [5.41, 5.74) is 8.39. The van der Waals surface area contributed by atoms with E-state index in [-0.39, 0.29) is 24.5 Å². The van der Waals surface area contributed by atoms with Crippen LogP contribution in [0.25, 0.3) is 0 Å². The zero-order valence-corrected chi connectivity index (χ0v) is 16.0. The van der Waals surface area contributed by atoms with Gasteiger partial charge in [-0.2, -0.15) is 0 Å². The van der Waals surface area contributed by atoms with Crippen molar-refractivity contribution in [1.82, 2.24) is 5.32 Å². The Morgan fingerprint density at radius 3 is 2.50 bits per heavy atom. The molecule has 1 saturated carbocycles. The van der Waals surface area contributed by atoms with E-state index in [1.54, 1.807) is 18.2 Å². The highest BCUT2D eigenvalue weighted by Gasteiger charge is 2.23. The van der Waals surface area contributed by atoms with E-state index in [1.165, 1.54) is 7.11 Å². The summed E-state index contributed by atoms with van der Waals surface area (Å²) in [6, 6.07) is 11.9. The number of carbonyl (C=O) groups is 2. The van der Waals surface area contributed by atoms with Gasteiger partial charge in [-0.3, -0.25) is 9.59 Å². The van der Waals surface area contributed by atoms with E-state index in [9.17, 15) is 9.59 Å². The van der Waals surface area contributed by atoms with Crippen molar-refractivity contribution in [1.29, 1.82) is 0 Å². The first kappa shape index (κ1) is 19.7. The van der Waals surface area contributed by atoms with Crippen molar-refractivity contribution in [2.45, 2.75) is 31.8 Å². The first-order valence-corrected chi connectivity index (χ1v) is 9.19. The Morgan fingerprint density at radius 1 is 1.14 bits per heavy atom. The predicted molar refractivity (Wildman–Crippen MR) is 106 cm³/mol. The van der Waals surface area contributed by atoms with E-state index < -0.39 is 6.04 Å². The maximum absolute atomic E-state index is 12.5. The van der Waals surface area contributed by atoms with Crippen LogP contribution in [0.2, 0.25) is 0 Å². The lowest BCUT2D eigenvalue weighted by atomic mass is 10.1. The number of nitrogens with one attached hydrogen (secondary N) is 2. The minimum Gasteiger partial charge on any atom is -0.493 e. The van der Waals surface area contributed by atoms with Crippen molar-refractivity contribution < 1.29 is 19.1 Å². The van der Waals surface area contributed by atoms with Crippen LogP contribution in [0, 0.1) is 6.92 Å². The van der Waals surface area contributed by atoms with E-state index in [2.05, 4.69) is 10.6 Å². The highest BCUT2D eigenvalue weighted by atomic mass is 16.5. The van der Waals surface area contributed by atoms with Gasteiger partial charge in [-0.15, -0.1) is 0 Å². The van der Waals surface area contributed by atoms with E-state index in [0.29, 0.717) is 17.2 Å². The van der Waals surface area contributed by atoms with Crippen molar-refractivity contribution in [2.75, 3.05) is 19.0 Å². The second-order valence-corrected chi connectivity index (χ2v) is 6.87. The first-order chi connectivity index (χ1) is 13.5. The molecule has 0 heterocycles. The fourth-order valence-corrected chi connectivity index (χ4v) is 2.65. The number of rotatable bonds is 8. The van der Waals surface area contributed by atoms with Crippen LogP contribution in [0.3, 0.4) is 0 Å². The van der Waals surface area contributed by atoms with E-state index >= 15 is 0 Å². The van der Waals surface area contributed by atoms with Crippen molar-refractivity contribution in [3.05, 3.63) is 53.6 Å². The SMILES string of the molecule is COc1ccc(NC(=O)C(N)c2ccc(C)cc2)cc1OCC(=O)NC1CC1. The number of nitrogens with two attached hydrogens (primary N) is 1. The summed E-state index contributed by atoms with van der Waals surface area (Å²) in [6.07, 6.45) is 2.02. The van der Waals surface area contributed by atoms with Crippen molar-refractivity contribution in [2.24, 2.45) is 5.73 Å². The molecule has 0 radical (unpaired) electrons. The molecule has 1 aliphatic rings. The Balaban J connectivity index is 1.64. The van der Waals surface area contributed by atoms with Crippen LogP contribution < -0.4 is 25.8 Å². The summed E-state index contributed by atoms with van der Waals surface area (Å²) >= 11 is 0. The fraction of sp³-hybridized carbons (Fsp3) is 0.333. The van der Waals surface area contributed by atoms with Crippen molar-refractivity contribution in [3.8, 4) is 11.5 Å². The van der Waals surface area contributed by atoms with Crippen LogP contribution in [-0.4, -0.2) is 31.6 Å². The minimum atomic E-state index is -0.795. The number of hydrogen-bond donors (Lipinski definition) is 3. The van der Waals surface area contributed by atoms with Gasteiger partial charge in [0.25, 0.3) is 5.91 Å². The molecule has 1 fully saturated rings. The molecule has 148 valence electrons. The highest BCUT2D eigenvalue weighted by Crippen LogP contribution is 2.30. The van der Waals surface area contributed by atoms with Crippen LogP contribution in [-0.2, 0) is 9.59 Å². The topological polar surface area (TPSA) is 103 Å². The molecule has 4 N–H and O–H groups in total. The Hall–Kier alpha value is -3.06. The van der Waals surface area contributed by atoms with Gasteiger partial charge in [-0.25, -0.2) is 0 Å². The molecule has 28 heavy (non-hydrogen) atoms. The Morgan fingerprint density at radius 2 is 1.86 bits per heavy atom. The number of aryl methyl sites for hydroxylation is 1. The van der Waals surface area contributed by atoms with Gasteiger partial charge in [-0.05, 0) is 37.5 Å². The van der Waals surface area contributed by atoms with Crippen molar-refractivity contribution >= 4 is 17.5 Å². The third-order valence-corrected chi connectivity index (χ3v) is 4.45. The van der Waals surface area contributed by atoms with Gasteiger partial charge in [0, 0.05) is 17.8 Å². The molecule has 1 atom stereocenters. The third kappa shape index (κ3) is 5.23. The quantitative estimate of drug-likeness (QED) is 0.649. The van der Waals surface area contributed by atoms with Crippen LogP contribution in [0.15, 0.2) is 42.5 Å². The molecule has 2 amide bonds. The van der Waals surface area contributed by atoms with Gasteiger partial charge in [0.15, 0.2) is 18.1 Å². The monoisotopic (exact) mass is 383 g/mol. The lowest BCUT2D eigenvalue weighted by molar-refractivity contribution is -0.123. The second-order valence-electron chi connectivity index (χ2n) is 6.87. The number of carbonyl (C=O) groups excluding carboxylic acids is 2. The average Bonchev–Trinajstić information content (AvgIpc) is 3.50. The van der Waals surface area contributed by atoms with Gasteiger partial charge in [-0.1, -0.05) is 29.8 Å². The summed E-state index contributed by atoms with van der Waals surface area (Å²) in [4.78, 5) is 24.3. The number of anilines is 1. The maximum atomic E-state index is 12.5. The third-order valence-electron chi connectivity index (χ3n) is 4.45. The molecular weight excluding hydrogens is 358 g/mol. The smallest absolute Gasteiger partial charge is 0.258 e. The Bertz CT molecular complexity index is 847. The highest BCUT2D eigenvalue weighted by molar-refractivity contribution is 5.95. The molecule has 1 unspecified atom stereocenters. The minimum absolute atomic E-state index is 0.118. The molecule has 0 spiro atoms. The Kier molecular flexibility index (Phi) is 6.16. The van der Waals surface area contributed by atoms with E-state index in [4.69, 9.17) is 15.2 Å². The molecule has 3 rings (SSSR count). The lowest BCUT2D eigenvalue weighted by Crippen LogP contribution is -2.30. The van der Waals surface area contributed by atoms with Crippen molar-refractivity contribution in [3.63, 3.8) is 0 Å². The largest absolute Gasteiger partial charge is 0.493 e. The lowest BCUT2D eigenvalue weighted by Gasteiger charge is -2.15. The summed E-state index contributed by atoms with van der Waals surface area (Å²) in [7, 11) is 1.51. The number of methoxy groups -OCH3 is 1. The number of benzene rings is 2. The van der Waals surface area contributed by atoms with Gasteiger partial charge in [0.05, 0.1) is 7.11 Å². The van der Waals surface area contributed by atoms with E-state index in [0.717, 1.165) is 24.0 Å². The van der Waals surface area contributed by atoms with E-state index in [1.807, 2.05) is 31.2 Å². The molecule has 0 aliphatic heterocycles. The summed E-state index contributed by atoms with van der Waals surface area (Å²) < 4.78 is 10.8. The first-order valence-electron chi connectivity index (χ1n) is 9.19. The normalized spacial score (nSPS) is 14.1. The van der Waals surface area contributed by atoms with Crippen LogP contribution in [0.1, 0.15) is 30.0 Å². The molecular formula is C21H25N3O4. The molecule has 7 heteroatoms. The molecule has 1 aliphatic carbocycles. The molecule has 2 aromatic carbocycles. The molecule has 0 aromatic heterocycles. The zero-order chi connectivity index (χ0) is 20.1. The van der Waals surface area contributed by atoms with Crippen LogP contribution in [0.4, 0.5) is 5.69 Å². The fourth-order valence-electron chi connectivity index (χ4n) is 2.65. The standard InChI is InChI=1S/C21H25N3O4/c1-13-3-5-14(6-4-13)20(22)21(26)24-16-9-10-17(27-2)18(11-16)28-12-19(25)23-15-7-8-15/h3-6,9-11,15,20H,7-8,12,22H2,1-2H3,(H,23,25)(H,24,26). The predicted octanol–water partition coefficient (Wildman–Crippen LogP) is 2.30. The van der Waals surface area contributed by atoms with Crippen LogP contribution >= 0.6 is 0 Å². The average molecular weight is 383 g/mol. The summed E-state index contributed by atoms with van der Waals surface area (Å²) in [5, 5.41) is 5.63. The van der Waals surface area contributed by atoms with Crippen LogP contribution in [0.5, 0.6) is 11.5 Å². The van der Waals surface area contributed by atoms with Gasteiger partial charge in [0.1, 0.15) is 6.04 Å². The van der Waals surface area contributed by atoms with Gasteiger partial charge < -0.3 is 25.8 Å². The number of hydrogen-bond acceptors (Lipinski definition) is 5. The Labute approximate surface area is 164 Å².